The second-order valence-corrected chi connectivity index (χ2v) is 7.22. The number of anilines is 1. The Morgan fingerprint density at radius 3 is 2.58 bits per heavy atom. The minimum absolute atomic E-state index is 0.0543. The molecule has 2 heterocycles. The molecule has 0 aliphatic carbocycles. The van der Waals surface area contributed by atoms with Crippen LogP contribution in [0, 0.1) is 10.1 Å². The molecular weight excluding hydrogens is 432 g/mol. The van der Waals surface area contributed by atoms with E-state index >= 15 is 0 Å². The number of aromatic nitrogens is 4. The standard InChI is InChI=1S/C20H24N8O5/c1-5-26(6-2)14-8-7-13(9-15(14)28(32)33)10-22-23-16(29)11-27-12-21-17-18(27)24(3)20(31)25(4)19(17)30/h7-10,12H,5-6,11H2,1-4H3,(H,23,29). The van der Waals surface area contributed by atoms with E-state index in [0.717, 1.165) is 4.57 Å². The van der Waals surface area contributed by atoms with E-state index in [1.54, 1.807) is 12.1 Å². The number of hydrogen-bond donors (Lipinski definition) is 1. The molecule has 13 heteroatoms. The second-order valence-electron chi connectivity index (χ2n) is 7.22. The van der Waals surface area contributed by atoms with E-state index in [0.29, 0.717) is 24.3 Å². The van der Waals surface area contributed by atoms with Crippen molar-refractivity contribution in [1.29, 1.82) is 0 Å². The number of aryl methyl sites for hydroxylation is 1. The topological polar surface area (TPSA) is 150 Å². The van der Waals surface area contributed by atoms with Crippen LogP contribution in [0.5, 0.6) is 0 Å². The number of amides is 1. The van der Waals surface area contributed by atoms with Crippen LogP contribution < -0.4 is 21.6 Å². The molecule has 2 aromatic heterocycles. The number of imidazole rings is 1. The lowest BCUT2D eigenvalue weighted by molar-refractivity contribution is -0.384. The van der Waals surface area contributed by atoms with E-state index in [4.69, 9.17) is 0 Å². The van der Waals surface area contributed by atoms with E-state index in [1.165, 1.54) is 41.8 Å². The minimum Gasteiger partial charge on any atom is -0.367 e. The zero-order chi connectivity index (χ0) is 24.3. The molecule has 174 valence electrons. The van der Waals surface area contributed by atoms with Crippen molar-refractivity contribution < 1.29 is 9.72 Å². The van der Waals surface area contributed by atoms with Crippen LogP contribution in [-0.4, -0.2) is 48.8 Å². The van der Waals surface area contributed by atoms with E-state index in [1.807, 2.05) is 18.7 Å². The summed E-state index contributed by atoms with van der Waals surface area (Å²) in [6.45, 7) is 4.84. The van der Waals surface area contributed by atoms with Gasteiger partial charge in [0.05, 0.1) is 17.5 Å². The van der Waals surface area contributed by atoms with Crippen molar-refractivity contribution in [3.8, 4) is 0 Å². The number of hydrogen-bond acceptors (Lipinski definition) is 8. The van der Waals surface area contributed by atoms with Crippen molar-refractivity contribution in [3.05, 3.63) is 61.0 Å². The Morgan fingerprint density at radius 1 is 1.24 bits per heavy atom. The lowest BCUT2D eigenvalue weighted by Gasteiger charge is -2.20. The molecule has 0 saturated heterocycles. The first-order valence-corrected chi connectivity index (χ1v) is 10.2. The maximum Gasteiger partial charge on any atom is 0.332 e. The van der Waals surface area contributed by atoms with Gasteiger partial charge in [-0.15, -0.1) is 0 Å². The number of benzene rings is 1. The highest BCUT2D eigenvalue weighted by atomic mass is 16.6. The Bertz CT molecular complexity index is 1360. The van der Waals surface area contributed by atoms with Crippen LogP contribution in [0.3, 0.4) is 0 Å². The molecule has 3 aromatic rings. The Kier molecular flexibility index (Phi) is 6.70. The lowest BCUT2D eigenvalue weighted by Crippen LogP contribution is -2.37. The average Bonchev–Trinajstić information content (AvgIpc) is 3.21. The Labute approximate surface area is 187 Å². The van der Waals surface area contributed by atoms with Crippen molar-refractivity contribution in [2.45, 2.75) is 20.4 Å². The van der Waals surface area contributed by atoms with Gasteiger partial charge in [0.25, 0.3) is 17.2 Å². The molecule has 0 aliphatic heterocycles. The number of nitro benzene ring substituents is 1. The number of nitrogens with zero attached hydrogens (tertiary/aromatic N) is 7. The zero-order valence-corrected chi connectivity index (χ0v) is 18.7. The van der Waals surface area contributed by atoms with Gasteiger partial charge in [-0.05, 0) is 19.9 Å². The molecular formula is C20H24N8O5. The summed E-state index contributed by atoms with van der Waals surface area (Å²) in [5, 5.41) is 15.3. The van der Waals surface area contributed by atoms with E-state index < -0.39 is 22.1 Å². The highest BCUT2D eigenvalue weighted by Crippen LogP contribution is 2.28. The minimum atomic E-state index is -0.556. The fourth-order valence-corrected chi connectivity index (χ4v) is 3.52. The van der Waals surface area contributed by atoms with Crippen LogP contribution in [0.25, 0.3) is 11.2 Å². The SMILES string of the molecule is CCN(CC)c1ccc(C=NNC(=O)Cn2cnc3c(=O)n(C)c(=O)n(C)c32)cc1[N+](=O)[O-]. The van der Waals surface area contributed by atoms with Crippen LogP contribution in [-0.2, 0) is 25.4 Å². The van der Waals surface area contributed by atoms with Crippen LogP contribution in [0.15, 0.2) is 39.2 Å². The molecule has 0 radical (unpaired) electrons. The van der Waals surface area contributed by atoms with Gasteiger partial charge < -0.3 is 9.47 Å². The predicted octanol–water partition coefficient (Wildman–Crippen LogP) is 0.338. The number of rotatable bonds is 8. The predicted molar refractivity (Wildman–Crippen MR) is 123 cm³/mol. The molecule has 13 nitrogen and oxygen atoms in total. The van der Waals surface area contributed by atoms with Gasteiger partial charge in [0.2, 0.25) is 0 Å². The van der Waals surface area contributed by atoms with Gasteiger partial charge >= 0.3 is 5.69 Å². The van der Waals surface area contributed by atoms with Gasteiger partial charge in [0, 0.05) is 38.8 Å². The van der Waals surface area contributed by atoms with Crippen LogP contribution in [0.1, 0.15) is 19.4 Å². The van der Waals surface area contributed by atoms with Crippen LogP contribution >= 0.6 is 0 Å². The fraction of sp³-hybridized carbons (Fsp3) is 0.350. The summed E-state index contributed by atoms with van der Waals surface area (Å²) in [5.74, 6) is -0.534. The van der Waals surface area contributed by atoms with Gasteiger partial charge in [0.1, 0.15) is 17.9 Å². The summed E-state index contributed by atoms with van der Waals surface area (Å²) in [7, 11) is 2.83. The van der Waals surface area contributed by atoms with Crippen molar-refractivity contribution in [2.75, 3.05) is 18.0 Å². The highest BCUT2D eigenvalue weighted by Gasteiger charge is 2.18. The Balaban J connectivity index is 1.77. The van der Waals surface area contributed by atoms with E-state index in [9.17, 15) is 24.5 Å². The number of carbonyl (C=O) groups excluding carboxylic acids is 1. The zero-order valence-electron chi connectivity index (χ0n) is 18.7. The second kappa shape index (κ2) is 9.46. The monoisotopic (exact) mass is 456 g/mol. The van der Waals surface area contributed by atoms with Crippen molar-refractivity contribution >= 4 is 34.7 Å². The molecule has 3 rings (SSSR count). The van der Waals surface area contributed by atoms with Crippen molar-refractivity contribution in [1.82, 2.24) is 24.1 Å². The third-order valence-corrected chi connectivity index (χ3v) is 5.23. The summed E-state index contributed by atoms with van der Waals surface area (Å²) in [6, 6.07) is 4.70. The number of nitro groups is 1. The molecule has 0 saturated carbocycles. The molecule has 0 unspecified atom stereocenters. The van der Waals surface area contributed by atoms with Crippen LogP contribution in [0.2, 0.25) is 0 Å². The first kappa shape index (κ1) is 23.4. The maximum absolute atomic E-state index is 12.3. The quantitative estimate of drug-likeness (QED) is 0.292. The number of nitrogens with one attached hydrogen (secondary N) is 1. The smallest absolute Gasteiger partial charge is 0.332 e. The normalized spacial score (nSPS) is 11.3. The molecule has 0 aliphatic rings. The summed E-state index contributed by atoms with van der Waals surface area (Å²) in [4.78, 5) is 53.6. The van der Waals surface area contributed by atoms with E-state index in [-0.39, 0.29) is 23.4 Å². The first-order valence-electron chi connectivity index (χ1n) is 10.2. The third kappa shape index (κ3) is 4.51. The number of fused-ring (bicyclic) bond motifs is 1. The maximum atomic E-state index is 12.3. The van der Waals surface area contributed by atoms with Gasteiger partial charge in [-0.2, -0.15) is 5.10 Å². The average molecular weight is 456 g/mol. The summed E-state index contributed by atoms with van der Waals surface area (Å²) in [5.41, 5.74) is 2.41. The van der Waals surface area contributed by atoms with Crippen molar-refractivity contribution in [2.24, 2.45) is 19.2 Å². The Morgan fingerprint density at radius 2 is 1.94 bits per heavy atom. The molecule has 1 amide bonds. The largest absolute Gasteiger partial charge is 0.367 e. The third-order valence-electron chi connectivity index (χ3n) is 5.23. The molecule has 0 spiro atoms. The summed E-state index contributed by atoms with van der Waals surface area (Å²) >= 11 is 0. The first-order chi connectivity index (χ1) is 15.7. The van der Waals surface area contributed by atoms with E-state index in [2.05, 4.69) is 15.5 Å². The molecule has 1 N–H and O–H groups in total. The summed E-state index contributed by atoms with van der Waals surface area (Å²) < 4.78 is 3.54. The molecule has 0 fully saturated rings. The fourth-order valence-electron chi connectivity index (χ4n) is 3.52. The van der Waals surface area contributed by atoms with Crippen molar-refractivity contribution in [3.63, 3.8) is 0 Å². The number of hydrazone groups is 1. The molecule has 1 aromatic carbocycles. The Hall–Kier alpha value is -4.29. The highest BCUT2D eigenvalue weighted by molar-refractivity contribution is 5.85. The van der Waals surface area contributed by atoms with Gasteiger partial charge in [-0.3, -0.25) is 28.8 Å². The van der Waals surface area contributed by atoms with Crippen LogP contribution in [0.4, 0.5) is 11.4 Å². The van der Waals surface area contributed by atoms with Gasteiger partial charge in [-0.1, -0.05) is 6.07 Å². The lowest BCUT2D eigenvalue weighted by atomic mass is 10.1. The molecule has 33 heavy (non-hydrogen) atoms. The van der Waals surface area contributed by atoms with Gasteiger partial charge in [0.15, 0.2) is 5.52 Å². The molecule has 0 atom stereocenters. The van der Waals surface area contributed by atoms with Gasteiger partial charge in [-0.25, -0.2) is 15.2 Å². The molecule has 0 bridgehead atoms. The summed E-state index contributed by atoms with van der Waals surface area (Å²) in [6.07, 6.45) is 2.60. The number of carbonyl (C=O) groups is 1.